The minimum atomic E-state index is -1.98. The first kappa shape index (κ1) is 106. The first-order chi connectivity index (χ1) is 56.3. The number of allylic oxidation sites excluding steroid dienone is 16. The van der Waals surface area contributed by atoms with Crippen LogP contribution in [0.2, 0.25) is 0 Å². The molecule has 19 heteroatoms. The molecule has 3 rings (SSSR count). The molecule has 0 radical (unpaired) electrons. The summed E-state index contributed by atoms with van der Waals surface area (Å²) >= 11 is 0. The molecule has 668 valence electrons. The van der Waals surface area contributed by atoms with Gasteiger partial charge in [-0.3, -0.25) is 4.79 Å². The number of carbonyl (C=O) groups excluding carboxylic acids is 1. The third-order valence-electron chi connectivity index (χ3n) is 22.9. The molecular weight excluding hydrogens is 1460 g/mol. The monoisotopic (exact) mass is 1630 g/mol. The van der Waals surface area contributed by atoms with Crippen molar-refractivity contribution in [2.45, 2.75) is 478 Å². The smallest absolute Gasteiger partial charge is 0.220 e. The summed E-state index contributed by atoms with van der Waals surface area (Å²) in [5.41, 5.74) is 0. The van der Waals surface area contributed by atoms with E-state index in [0.717, 1.165) is 103 Å². The van der Waals surface area contributed by atoms with E-state index in [1.807, 2.05) is 0 Å². The molecule has 17 atom stereocenters. The number of aliphatic hydroxyl groups excluding tert-OH is 11. The van der Waals surface area contributed by atoms with Crippen LogP contribution in [0.15, 0.2) is 97.2 Å². The molecule has 3 aliphatic rings. The van der Waals surface area contributed by atoms with Gasteiger partial charge in [0.15, 0.2) is 18.9 Å². The highest BCUT2D eigenvalue weighted by molar-refractivity contribution is 5.76. The van der Waals surface area contributed by atoms with E-state index in [-0.39, 0.29) is 18.9 Å². The largest absolute Gasteiger partial charge is 0.394 e. The maximum absolute atomic E-state index is 13.6. The van der Waals surface area contributed by atoms with Crippen LogP contribution in [0, 0.1) is 0 Å². The molecule has 0 aliphatic carbocycles. The highest BCUT2D eigenvalue weighted by Crippen LogP contribution is 2.34. The second-order valence-electron chi connectivity index (χ2n) is 33.1. The van der Waals surface area contributed by atoms with Crippen molar-refractivity contribution in [3.05, 3.63) is 97.2 Å². The Hall–Kier alpha value is -3.29. The van der Waals surface area contributed by atoms with Crippen LogP contribution in [0.4, 0.5) is 0 Å². The van der Waals surface area contributed by atoms with Gasteiger partial charge in [0, 0.05) is 6.42 Å². The Morgan fingerprint density at radius 1 is 0.322 bits per heavy atom. The van der Waals surface area contributed by atoms with E-state index < -0.39 is 124 Å². The number of nitrogens with one attached hydrogen (secondary N) is 1. The Morgan fingerprint density at radius 3 is 0.939 bits per heavy atom. The van der Waals surface area contributed by atoms with Crippen molar-refractivity contribution in [2.75, 3.05) is 26.4 Å². The van der Waals surface area contributed by atoms with Crippen LogP contribution < -0.4 is 5.32 Å². The van der Waals surface area contributed by atoms with Gasteiger partial charge in [-0.2, -0.15) is 0 Å². The van der Waals surface area contributed by atoms with Crippen LogP contribution in [-0.4, -0.2) is 193 Å². The predicted molar refractivity (Wildman–Crippen MR) is 466 cm³/mol. The second kappa shape index (κ2) is 74.5. The molecule has 0 aromatic heterocycles. The van der Waals surface area contributed by atoms with Crippen molar-refractivity contribution in [2.24, 2.45) is 0 Å². The van der Waals surface area contributed by atoms with Gasteiger partial charge in [-0.15, -0.1) is 0 Å². The fourth-order valence-electron chi connectivity index (χ4n) is 15.5. The summed E-state index contributed by atoms with van der Waals surface area (Å²) in [6.45, 7) is 1.74. The Labute approximate surface area is 698 Å². The highest BCUT2D eigenvalue weighted by atomic mass is 16.8. The zero-order valence-corrected chi connectivity index (χ0v) is 72.3. The van der Waals surface area contributed by atoms with Gasteiger partial charge in [-0.25, -0.2) is 0 Å². The number of hydrogen-bond acceptors (Lipinski definition) is 18. The number of rotatable bonds is 76. The van der Waals surface area contributed by atoms with E-state index in [9.17, 15) is 61.0 Å². The summed E-state index contributed by atoms with van der Waals surface area (Å²) in [6.07, 6.45) is 76.6. The van der Waals surface area contributed by atoms with E-state index in [1.165, 1.54) is 238 Å². The Morgan fingerprint density at radius 2 is 0.600 bits per heavy atom. The van der Waals surface area contributed by atoms with Gasteiger partial charge in [0.1, 0.15) is 73.2 Å². The van der Waals surface area contributed by atoms with E-state index >= 15 is 0 Å². The molecule has 12 N–H and O–H groups in total. The molecule has 3 heterocycles. The average Bonchev–Trinajstić information content (AvgIpc) is 0.779. The van der Waals surface area contributed by atoms with Crippen molar-refractivity contribution >= 4 is 5.91 Å². The SMILES string of the molecule is CC/C=C\C/C=C\C/C=C\C/C=C\C/C=C\C/C=C\C/C=C\C/C=C\CCCCCCCCCCCCCCCCC(=O)NC(COC1OC(CO)C(OC2OC(CO)C(OC3OC(CO)C(O)C(O)C3O)C(O)C2O)C(O)C1O)C(O)CCCCCCCCCCCCCCCCCCCCCCCCCCCCCCCCC. The molecule has 115 heavy (non-hydrogen) atoms. The minimum absolute atomic E-state index is 0.241. The molecule has 3 fully saturated rings. The van der Waals surface area contributed by atoms with Gasteiger partial charge in [0.05, 0.1) is 38.6 Å². The van der Waals surface area contributed by atoms with Crippen LogP contribution >= 0.6 is 0 Å². The van der Waals surface area contributed by atoms with Gasteiger partial charge < -0.3 is 89.9 Å². The Kier molecular flexibility index (Phi) is 68.6. The standard InChI is InChI=1S/C96H171NO18/c1-3-5-7-9-11-13-15-17-19-21-23-25-27-29-31-33-35-36-37-38-39-40-41-42-44-46-48-50-52-54-56-58-60-62-64-66-68-70-72-74-84(102)97-79(80(101)73-71-69-67-65-63-61-59-57-55-53-51-49-47-45-43-34-32-30-28-26-24-22-20-18-16-14-12-10-8-6-4-2)78-110-94-90(108)87(105)92(82(76-99)112-94)115-96-91(109)88(106)93(83(77-100)113-96)114-95-89(107)86(104)85(103)81(75-98)111-95/h5,7,11,13,17,19,23,25,29,31,35-36,38-39,41-42,79-83,85-96,98-101,103-109H,3-4,6,8-10,12,14-16,18,20-22,24,26-28,30,32-34,37,40,43-78H2,1-2H3,(H,97,102)/b7-5-,13-11-,19-17-,25-23-,31-29-,36-35-,39-38-,42-41-. The normalized spacial score (nSPS) is 25.0. The molecule has 17 unspecified atom stereocenters. The van der Waals surface area contributed by atoms with Gasteiger partial charge in [-0.1, -0.05) is 387 Å². The maximum atomic E-state index is 13.6. The summed E-state index contributed by atoms with van der Waals surface area (Å²) in [5.74, 6) is -0.241. The van der Waals surface area contributed by atoms with Gasteiger partial charge >= 0.3 is 0 Å². The lowest BCUT2D eigenvalue weighted by Crippen LogP contribution is -2.66. The zero-order chi connectivity index (χ0) is 83.1. The predicted octanol–water partition coefficient (Wildman–Crippen LogP) is 18.6. The van der Waals surface area contributed by atoms with Crippen LogP contribution in [0.3, 0.4) is 0 Å². The van der Waals surface area contributed by atoms with Crippen LogP contribution in [0.5, 0.6) is 0 Å². The number of aliphatic hydroxyl groups is 11. The lowest BCUT2D eigenvalue weighted by Gasteiger charge is -2.48. The fourth-order valence-corrected chi connectivity index (χ4v) is 15.5. The third-order valence-corrected chi connectivity index (χ3v) is 22.9. The maximum Gasteiger partial charge on any atom is 0.220 e. The van der Waals surface area contributed by atoms with Crippen molar-refractivity contribution in [3.63, 3.8) is 0 Å². The quantitative estimate of drug-likeness (QED) is 0.0199. The fraction of sp³-hybridized carbons (Fsp3) is 0.823. The lowest BCUT2D eigenvalue weighted by atomic mass is 9.96. The van der Waals surface area contributed by atoms with E-state index in [1.54, 1.807) is 0 Å². The molecule has 3 aliphatic heterocycles. The van der Waals surface area contributed by atoms with Crippen LogP contribution in [0.25, 0.3) is 0 Å². The molecule has 0 bridgehead atoms. The van der Waals surface area contributed by atoms with Crippen LogP contribution in [0.1, 0.15) is 373 Å². The molecular formula is C96H171NO18. The number of amides is 1. The van der Waals surface area contributed by atoms with Crippen LogP contribution in [-0.2, 0) is 33.2 Å². The first-order valence-electron chi connectivity index (χ1n) is 47.0. The van der Waals surface area contributed by atoms with Gasteiger partial charge in [-0.05, 0) is 77.0 Å². The van der Waals surface area contributed by atoms with Crippen molar-refractivity contribution in [1.82, 2.24) is 5.32 Å². The van der Waals surface area contributed by atoms with Crippen molar-refractivity contribution in [3.8, 4) is 0 Å². The second-order valence-corrected chi connectivity index (χ2v) is 33.1. The summed E-state index contributed by atoms with van der Waals surface area (Å²) in [6, 6.07) is -0.895. The van der Waals surface area contributed by atoms with Crippen molar-refractivity contribution < 1.29 is 89.4 Å². The first-order valence-corrected chi connectivity index (χ1v) is 47.0. The summed E-state index contributed by atoms with van der Waals surface area (Å²) in [5, 5.41) is 121. The molecule has 19 nitrogen and oxygen atoms in total. The van der Waals surface area contributed by atoms with Gasteiger partial charge in [0.2, 0.25) is 5.91 Å². The Bertz CT molecular complexity index is 2450. The van der Waals surface area contributed by atoms with E-state index in [2.05, 4.69) is 116 Å². The van der Waals surface area contributed by atoms with Gasteiger partial charge in [0.25, 0.3) is 0 Å². The number of ether oxygens (including phenoxy) is 6. The average molecular weight is 1630 g/mol. The van der Waals surface area contributed by atoms with E-state index in [4.69, 9.17) is 28.4 Å². The molecule has 0 spiro atoms. The number of unbranched alkanes of at least 4 members (excludes halogenated alkanes) is 44. The Balaban J connectivity index is 1.31. The number of carbonyl (C=O) groups is 1. The molecule has 0 aromatic carbocycles. The summed E-state index contributed by atoms with van der Waals surface area (Å²) in [7, 11) is 0. The minimum Gasteiger partial charge on any atom is -0.394 e. The van der Waals surface area contributed by atoms with Crippen molar-refractivity contribution in [1.29, 1.82) is 0 Å². The summed E-state index contributed by atoms with van der Waals surface area (Å²) < 4.78 is 34.6. The molecule has 0 saturated carbocycles. The lowest BCUT2D eigenvalue weighted by molar-refractivity contribution is -0.379. The highest BCUT2D eigenvalue weighted by Gasteiger charge is 2.54. The topological polar surface area (TPSA) is 307 Å². The molecule has 0 aromatic rings. The molecule has 3 saturated heterocycles. The number of hydrogen-bond donors (Lipinski definition) is 12. The zero-order valence-electron chi connectivity index (χ0n) is 72.3. The van der Waals surface area contributed by atoms with E-state index in [0.29, 0.717) is 12.8 Å². The summed E-state index contributed by atoms with van der Waals surface area (Å²) in [4.78, 5) is 13.6. The third kappa shape index (κ3) is 52.6. The molecule has 1 amide bonds.